The van der Waals surface area contributed by atoms with Gasteiger partial charge < -0.3 is 34.8 Å². The molecule has 3 rings (SSSR count). The van der Waals surface area contributed by atoms with Gasteiger partial charge in [0, 0.05) is 25.2 Å². The quantitative estimate of drug-likeness (QED) is 0.142. The third-order valence-corrected chi connectivity index (χ3v) is 6.95. The molecule has 1 aromatic rings. The number of anilines is 1. The van der Waals surface area contributed by atoms with Gasteiger partial charge in [0.1, 0.15) is 35.5 Å². The Hall–Kier alpha value is -3.37. The number of hydrogen-bond donors (Lipinski definition) is 2. The number of nitrogen functional groups attached to an aromatic ring is 1. The van der Waals surface area contributed by atoms with Crippen molar-refractivity contribution in [3.05, 3.63) is 22.3 Å². The summed E-state index contributed by atoms with van der Waals surface area (Å²) in [6.07, 6.45) is -2.31. The lowest BCUT2D eigenvalue weighted by molar-refractivity contribution is -0.170. The number of thioether (sulfide) groups is 1. The number of fused-ring (bicyclic) bond motifs is 1. The molecule has 1 saturated heterocycles. The molecule has 2 aliphatic heterocycles. The van der Waals surface area contributed by atoms with Crippen LogP contribution in [0.2, 0.25) is 0 Å². The van der Waals surface area contributed by atoms with Gasteiger partial charge in [0.15, 0.2) is 10.8 Å². The number of rotatable bonds is 9. The van der Waals surface area contributed by atoms with E-state index in [1.54, 1.807) is 20.8 Å². The number of carbonyl (C=O) groups excluding carboxylic acids is 4. The Bertz CT molecular complexity index is 1160. The molecule has 3 heterocycles. The minimum Gasteiger partial charge on any atom is -0.428 e. The summed E-state index contributed by atoms with van der Waals surface area (Å²) in [7, 11) is 2.72. The van der Waals surface area contributed by atoms with Gasteiger partial charge in [0.2, 0.25) is 6.29 Å². The Labute approximate surface area is 226 Å². The fraction of sp³-hybridized carbons (Fsp3) is 0.545. The largest absolute Gasteiger partial charge is 0.511 e. The summed E-state index contributed by atoms with van der Waals surface area (Å²) in [5, 5.41) is 7.49. The SMILES string of the molecule is COCC1=C(C(=O)OC(C)OC(=O)OC(C)(C)C)N2C(=O)C(NC(=O)C(=NOC)c3csc(N)n3)C2SC1. The summed E-state index contributed by atoms with van der Waals surface area (Å²) in [4.78, 5) is 61.1. The van der Waals surface area contributed by atoms with E-state index in [-0.39, 0.29) is 28.8 Å². The summed E-state index contributed by atoms with van der Waals surface area (Å²) in [6.45, 7) is 6.38. The fourth-order valence-electron chi connectivity index (χ4n) is 3.50. The van der Waals surface area contributed by atoms with Gasteiger partial charge in [-0.15, -0.1) is 23.1 Å². The normalized spacial score (nSPS) is 20.2. The molecule has 2 aliphatic rings. The van der Waals surface area contributed by atoms with Crippen LogP contribution in [-0.4, -0.2) is 89.4 Å². The summed E-state index contributed by atoms with van der Waals surface area (Å²) in [6, 6.07) is -0.965. The Morgan fingerprint density at radius 1 is 1.29 bits per heavy atom. The fourth-order valence-corrected chi connectivity index (χ4v) is 5.37. The van der Waals surface area contributed by atoms with Gasteiger partial charge in [-0.05, 0) is 26.3 Å². The predicted octanol–water partition coefficient (Wildman–Crippen LogP) is 1.22. The highest BCUT2D eigenvalue weighted by Crippen LogP contribution is 2.41. The van der Waals surface area contributed by atoms with Crippen LogP contribution >= 0.6 is 23.1 Å². The molecule has 38 heavy (non-hydrogen) atoms. The van der Waals surface area contributed by atoms with E-state index in [2.05, 4.69) is 15.5 Å². The van der Waals surface area contributed by atoms with E-state index in [9.17, 15) is 19.2 Å². The summed E-state index contributed by atoms with van der Waals surface area (Å²) < 4.78 is 20.5. The van der Waals surface area contributed by atoms with E-state index in [1.165, 1.54) is 43.2 Å². The van der Waals surface area contributed by atoms with E-state index >= 15 is 0 Å². The van der Waals surface area contributed by atoms with Crippen LogP contribution in [0.1, 0.15) is 33.4 Å². The number of oxime groups is 1. The van der Waals surface area contributed by atoms with Gasteiger partial charge in [0.05, 0.1) is 6.61 Å². The third-order valence-electron chi connectivity index (χ3n) is 4.93. The highest BCUT2D eigenvalue weighted by atomic mass is 32.2. The molecule has 1 fully saturated rings. The number of thiazole rings is 1. The molecule has 14 nitrogen and oxygen atoms in total. The Kier molecular flexibility index (Phi) is 9.22. The summed E-state index contributed by atoms with van der Waals surface area (Å²) >= 11 is 2.45. The van der Waals surface area contributed by atoms with E-state index in [4.69, 9.17) is 29.5 Å². The Balaban J connectivity index is 1.73. The maximum Gasteiger partial charge on any atom is 0.511 e. The van der Waals surface area contributed by atoms with Gasteiger partial charge in [0.25, 0.3) is 11.8 Å². The first kappa shape index (κ1) is 29.2. The van der Waals surface area contributed by atoms with Crippen molar-refractivity contribution in [2.45, 2.75) is 51.0 Å². The number of methoxy groups -OCH3 is 1. The lowest BCUT2D eigenvalue weighted by Gasteiger charge is -2.49. The second-order valence-electron chi connectivity index (χ2n) is 8.99. The van der Waals surface area contributed by atoms with Crippen LogP contribution in [0.4, 0.5) is 9.93 Å². The molecular weight excluding hydrogens is 542 g/mol. The van der Waals surface area contributed by atoms with Gasteiger partial charge in [-0.1, -0.05) is 5.16 Å². The van der Waals surface area contributed by atoms with Crippen LogP contribution in [-0.2, 0) is 38.2 Å². The van der Waals surface area contributed by atoms with Crippen molar-refractivity contribution < 1.29 is 43.0 Å². The van der Waals surface area contributed by atoms with Crippen molar-refractivity contribution in [3.8, 4) is 0 Å². The number of β-lactam (4-membered cyclic amide) rings is 1. The maximum absolute atomic E-state index is 13.1. The molecule has 3 unspecified atom stereocenters. The smallest absolute Gasteiger partial charge is 0.428 e. The minimum absolute atomic E-state index is 0.0382. The average Bonchev–Trinajstić information content (AvgIpc) is 3.24. The standard InChI is InChI=1S/C22H29N5O9S2/c1-10(35-21(31)36-22(2,3)4)34-19(30)15-11(7-32-5)8-37-18-14(17(29)27(15)18)25-16(28)13(26-33-6)12-9-38-20(23)24-12/h9-10,14,18H,7-8H2,1-6H3,(H2,23,24)(H,25,28). The van der Waals surface area contributed by atoms with Crippen molar-refractivity contribution in [1.82, 2.24) is 15.2 Å². The first-order valence-corrected chi connectivity index (χ1v) is 13.2. The molecule has 0 aliphatic carbocycles. The van der Waals surface area contributed by atoms with Gasteiger partial charge in [-0.25, -0.2) is 14.6 Å². The average molecular weight is 572 g/mol. The number of carbonyl (C=O) groups is 4. The monoisotopic (exact) mass is 571 g/mol. The lowest BCUT2D eigenvalue weighted by atomic mass is 10.0. The van der Waals surface area contributed by atoms with Crippen molar-refractivity contribution in [1.29, 1.82) is 0 Å². The molecule has 0 aromatic carbocycles. The zero-order valence-corrected chi connectivity index (χ0v) is 23.3. The summed E-state index contributed by atoms with van der Waals surface area (Å²) in [5.41, 5.74) is 5.35. The van der Waals surface area contributed by atoms with Crippen LogP contribution in [0.5, 0.6) is 0 Å². The molecule has 0 radical (unpaired) electrons. The van der Waals surface area contributed by atoms with E-state index in [0.29, 0.717) is 11.3 Å². The molecule has 1 aromatic heterocycles. The van der Waals surface area contributed by atoms with Gasteiger partial charge in [-0.3, -0.25) is 14.5 Å². The molecule has 2 amide bonds. The molecule has 0 spiro atoms. The van der Waals surface area contributed by atoms with Gasteiger partial charge >= 0.3 is 12.1 Å². The number of esters is 1. The Morgan fingerprint density at radius 3 is 2.58 bits per heavy atom. The first-order chi connectivity index (χ1) is 17.9. The molecule has 0 bridgehead atoms. The van der Waals surface area contributed by atoms with Crippen molar-refractivity contribution in [2.24, 2.45) is 5.16 Å². The van der Waals surface area contributed by atoms with E-state index in [1.807, 2.05) is 0 Å². The molecule has 16 heteroatoms. The van der Waals surface area contributed by atoms with Crippen LogP contribution in [0, 0.1) is 0 Å². The first-order valence-electron chi connectivity index (χ1n) is 11.3. The second kappa shape index (κ2) is 12.0. The highest BCUT2D eigenvalue weighted by Gasteiger charge is 2.55. The second-order valence-corrected chi connectivity index (χ2v) is 11.0. The van der Waals surface area contributed by atoms with Crippen molar-refractivity contribution in [3.63, 3.8) is 0 Å². The number of ether oxygens (including phenoxy) is 4. The Morgan fingerprint density at radius 2 is 2.00 bits per heavy atom. The van der Waals surface area contributed by atoms with Crippen LogP contribution < -0.4 is 11.1 Å². The number of amides is 2. The number of nitrogens with two attached hydrogens (primary N) is 1. The maximum atomic E-state index is 13.1. The summed E-state index contributed by atoms with van der Waals surface area (Å²) in [5.74, 6) is -1.82. The number of aromatic nitrogens is 1. The molecule has 3 atom stereocenters. The highest BCUT2D eigenvalue weighted by molar-refractivity contribution is 8.00. The molecule has 208 valence electrons. The number of hydrogen-bond acceptors (Lipinski definition) is 14. The van der Waals surface area contributed by atoms with Crippen LogP contribution in [0.3, 0.4) is 0 Å². The zero-order valence-electron chi connectivity index (χ0n) is 21.6. The number of nitrogens with one attached hydrogen (secondary N) is 1. The molecule has 3 N–H and O–H groups in total. The predicted molar refractivity (Wildman–Crippen MR) is 137 cm³/mol. The topological polar surface area (TPSA) is 181 Å². The third kappa shape index (κ3) is 6.73. The van der Waals surface area contributed by atoms with Crippen LogP contribution in [0.15, 0.2) is 21.8 Å². The van der Waals surface area contributed by atoms with E-state index < -0.39 is 47.2 Å². The van der Waals surface area contributed by atoms with Crippen molar-refractivity contribution >= 4 is 57.9 Å². The minimum atomic E-state index is -1.30. The molecular formula is C22H29N5O9S2. The van der Waals surface area contributed by atoms with Gasteiger partial charge in [-0.2, -0.15) is 0 Å². The number of nitrogens with zero attached hydrogens (tertiary/aromatic N) is 3. The van der Waals surface area contributed by atoms with Crippen molar-refractivity contribution in [2.75, 3.05) is 32.3 Å². The lowest BCUT2D eigenvalue weighted by Crippen LogP contribution is -2.71. The van der Waals surface area contributed by atoms with Crippen LogP contribution in [0.25, 0.3) is 0 Å². The van der Waals surface area contributed by atoms with E-state index in [0.717, 1.165) is 11.3 Å². The zero-order chi connectivity index (χ0) is 28.2. The molecule has 0 saturated carbocycles.